The summed E-state index contributed by atoms with van der Waals surface area (Å²) in [5.41, 5.74) is 5.72. The Kier molecular flexibility index (Phi) is 5.03. The molecule has 4 nitrogen and oxygen atoms in total. The van der Waals surface area contributed by atoms with Crippen molar-refractivity contribution in [3.8, 4) is 0 Å². The summed E-state index contributed by atoms with van der Waals surface area (Å²) in [5, 5.41) is 8.86. The van der Waals surface area contributed by atoms with Gasteiger partial charge in [0, 0.05) is 25.2 Å². The molecule has 0 aromatic heterocycles. The number of anilines is 1. The topological polar surface area (TPSA) is 57.6 Å². The second kappa shape index (κ2) is 6.91. The third kappa shape index (κ3) is 3.65. The van der Waals surface area contributed by atoms with Crippen LogP contribution in [0, 0.1) is 12.8 Å². The highest BCUT2D eigenvalue weighted by Gasteiger charge is 2.51. The van der Waals surface area contributed by atoms with Crippen molar-refractivity contribution in [3.63, 3.8) is 0 Å². The number of benzene rings is 1. The quantitative estimate of drug-likeness (QED) is 0.596. The van der Waals surface area contributed by atoms with Crippen LogP contribution in [0.5, 0.6) is 0 Å². The fourth-order valence-electron chi connectivity index (χ4n) is 4.55. The average Bonchev–Trinajstić information content (AvgIpc) is 3.23. The maximum Gasteiger partial charge on any atom is 0.328 e. The number of aliphatic carboxylic acids is 1. The SMILES string of the molecule is CC(=O)N1CCC(C)(C)c2cc(C)c([C@@]3(C)CC3/C=C/C(C)=C/C(=O)O)cc21. The second-order valence-electron chi connectivity index (χ2n) is 9.30. The summed E-state index contributed by atoms with van der Waals surface area (Å²) >= 11 is 0. The zero-order valence-electron chi connectivity index (χ0n) is 17.8. The number of hydrogen-bond donors (Lipinski definition) is 1. The highest BCUT2D eigenvalue weighted by Crippen LogP contribution is 2.57. The van der Waals surface area contributed by atoms with Gasteiger partial charge in [-0.3, -0.25) is 4.79 Å². The van der Waals surface area contributed by atoms with Crippen molar-refractivity contribution in [3.05, 3.63) is 52.6 Å². The second-order valence-corrected chi connectivity index (χ2v) is 9.30. The van der Waals surface area contributed by atoms with E-state index in [1.165, 1.54) is 22.8 Å². The predicted molar refractivity (Wildman–Crippen MR) is 113 cm³/mol. The minimum absolute atomic E-state index is 0.0309. The lowest BCUT2D eigenvalue weighted by Gasteiger charge is -2.40. The third-order valence-corrected chi connectivity index (χ3v) is 6.56. The fraction of sp³-hybridized carbons (Fsp3) is 0.500. The van der Waals surface area contributed by atoms with E-state index >= 15 is 0 Å². The Morgan fingerprint density at radius 1 is 1.18 bits per heavy atom. The normalized spacial score (nSPS) is 26.3. The minimum atomic E-state index is -0.918. The molecule has 0 bridgehead atoms. The van der Waals surface area contributed by atoms with Crippen molar-refractivity contribution in [1.82, 2.24) is 0 Å². The van der Waals surface area contributed by atoms with Crippen molar-refractivity contribution in [2.75, 3.05) is 11.4 Å². The summed E-state index contributed by atoms with van der Waals surface area (Å²) in [4.78, 5) is 24.9. The summed E-state index contributed by atoms with van der Waals surface area (Å²) < 4.78 is 0. The van der Waals surface area contributed by atoms with E-state index < -0.39 is 5.97 Å². The largest absolute Gasteiger partial charge is 0.478 e. The van der Waals surface area contributed by atoms with Gasteiger partial charge in [-0.1, -0.05) is 39.0 Å². The van der Waals surface area contributed by atoms with Gasteiger partial charge in [-0.05, 0) is 71.8 Å². The smallest absolute Gasteiger partial charge is 0.328 e. The Morgan fingerprint density at radius 3 is 2.46 bits per heavy atom. The standard InChI is InChI=1S/C24H31NO3/c1-15(11-22(27)28)7-8-18-14-24(18,6)19-13-21-20(12-16(19)2)23(4,5)9-10-25(21)17(3)26/h7-8,11-13,18H,9-10,14H2,1-6H3,(H,27,28)/b8-7+,15-11+/t18?,24-/m0/s1. The van der Waals surface area contributed by atoms with Gasteiger partial charge >= 0.3 is 5.97 Å². The van der Waals surface area contributed by atoms with E-state index in [1.807, 2.05) is 11.0 Å². The van der Waals surface area contributed by atoms with E-state index in [2.05, 4.69) is 45.9 Å². The average molecular weight is 382 g/mol. The number of hydrogen-bond acceptors (Lipinski definition) is 2. The molecule has 2 atom stereocenters. The number of amides is 1. The highest BCUT2D eigenvalue weighted by atomic mass is 16.4. The van der Waals surface area contributed by atoms with Crippen LogP contribution in [0.25, 0.3) is 0 Å². The van der Waals surface area contributed by atoms with E-state index in [4.69, 9.17) is 5.11 Å². The first-order chi connectivity index (χ1) is 13.0. The van der Waals surface area contributed by atoms with Crippen LogP contribution < -0.4 is 4.90 Å². The van der Waals surface area contributed by atoms with Crippen LogP contribution in [0.3, 0.4) is 0 Å². The number of carbonyl (C=O) groups is 2. The fourth-order valence-corrected chi connectivity index (χ4v) is 4.55. The molecule has 1 N–H and O–H groups in total. The number of carboxylic acid groups (broad SMARTS) is 1. The molecular weight excluding hydrogens is 350 g/mol. The van der Waals surface area contributed by atoms with E-state index in [0.29, 0.717) is 5.92 Å². The molecule has 1 aliphatic carbocycles. The first-order valence-corrected chi connectivity index (χ1v) is 9.99. The predicted octanol–water partition coefficient (Wildman–Crippen LogP) is 4.89. The lowest BCUT2D eigenvalue weighted by atomic mass is 9.75. The molecular formula is C24H31NO3. The summed E-state index contributed by atoms with van der Waals surface area (Å²) in [6, 6.07) is 4.51. The van der Waals surface area contributed by atoms with Gasteiger partial charge in [-0.2, -0.15) is 0 Å². The first kappa shape index (κ1) is 20.4. The molecule has 150 valence electrons. The maximum absolute atomic E-state index is 12.2. The van der Waals surface area contributed by atoms with Gasteiger partial charge in [0.05, 0.1) is 0 Å². The van der Waals surface area contributed by atoms with Gasteiger partial charge in [0.1, 0.15) is 0 Å². The summed E-state index contributed by atoms with van der Waals surface area (Å²) in [7, 11) is 0. The van der Waals surface area contributed by atoms with Crippen LogP contribution in [0.15, 0.2) is 35.9 Å². The monoisotopic (exact) mass is 381 g/mol. The molecule has 0 spiro atoms. The van der Waals surface area contributed by atoms with Crippen molar-refractivity contribution in [2.45, 2.75) is 65.2 Å². The molecule has 3 rings (SSSR count). The Bertz CT molecular complexity index is 893. The zero-order chi connectivity index (χ0) is 20.9. The number of rotatable bonds is 4. The lowest BCUT2D eigenvalue weighted by Crippen LogP contribution is -2.40. The molecule has 1 aromatic rings. The van der Waals surface area contributed by atoms with Crippen LogP contribution >= 0.6 is 0 Å². The zero-order valence-corrected chi connectivity index (χ0v) is 17.8. The summed E-state index contributed by atoms with van der Waals surface area (Å²) in [6.07, 6.45) is 7.26. The Labute approximate surface area is 167 Å². The van der Waals surface area contributed by atoms with Crippen LogP contribution in [-0.4, -0.2) is 23.5 Å². The molecule has 0 saturated heterocycles. The number of allylic oxidation sites excluding steroid dienone is 3. The lowest BCUT2D eigenvalue weighted by molar-refractivity contribution is -0.131. The summed E-state index contributed by atoms with van der Waals surface area (Å²) in [5.74, 6) is -0.444. The molecule has 2 aliphatic rings. The van der Waals surface area contributed by atoms with Gasteiger partial charge < -0.3 is 10.0 Å². The van der Waals surface area contributed by atoms with Gasteiger partial charge in [-0.25, -0.2) is 4.79 Å². The van der Waals surface area contributed by atoms with E-state index in [0.717, 1.165) is 30.6 Å². The molecule has 1 unspecified atom stereocenters. The minimum Gasteiger partial charge on any atom is -0.478 e. The van der Waals surface area contributed by atoms with Crippen molar-refractivity contribution in [2.24, 2.45) is 5.92 Å². The summed E-state index contributed by atoms with van der Waals surface area (Å²) in [6.45, 7) is 13.1. The van der Waals surface area contributed by atoms with Crippen LogP contribution in [0.1, 0.15) is 64.2 Å². The highest BCUT2D eigenvalue weighted by molar-refractivity contribution is 5.93. The number of nitrogens with zero attached hydrogens (tertiary/aromatic N) is 1. The number of aryl methyl sites for hydroxylation is 1. The Hall–Kier alpha value is -2.36. The van der Waals surface area contributed by atoms with E-state index in [-0.39, 0.29) is 16.7 Å². The van der Waals surface area contributed by atoms with Gasteiger partial charge in [0.25, 0.3) is 0 Å². The van der Waals surface area contributed by atoms with Crippen LogP contribution in [0.2, 0.25) is 0 Å². The molecule has 1 amide bonds. The number of carbonyl (C=O) groups excluding carboxylic acids is 1. The molecule has 4 heteroatoms. The Morgan fingerprint density at radius 2 is 1.86 bits per heavy atom. The van der Waals surface area contributed by atoms with Crippen molar-refractivity contribution >= 4 is 17.6 Å². The molecule has 1 aliphatic heterocycles. The number of fused-ring (bicyclic) bond motifs is 1. The molecule has 1 aromatic carbocycles. The first-order valence-electron chi connectivity index (χ1n) is 9.99. The molecule has 28 heavy (non-hydrogen) atoms. The van der Waals surface area contributed by atoms with Gasteiger partial charge in [0.15, 0.2) is 0 Å². The van der Waals surface area contributed by atoms with Crippen LogP contribution in [-0.2, 0) is 20.4 Å². The van der Waals surface area contributed by atoms with Gasteiger partial charge in [0.2, 0.25) is 5.91 Å². The molecule has 1 heterocycles. The van der Waals surface area contributed by atoms with Gasteiger partial charge in [-0.15, -0.1) is 0 Å². The van der Waals surface area contributed by atoms with Crippen LogP contribution in [0.4, 0.5) is 5.69 Å². The molecule has 1 fully saturated rings. The number of carboxylic acids is 1. The van der Waals surface area contributed by atoms with Crippen molar-refractivity contribution < 1.29 is 14.7 Å². The maximum atomic E-state index is 12.2. The third-order valence-electron chi connectivity index (χ3n) is 6.56. The van der Waals surface area contributed by atoms with E-state index in [9.17, 15) is 9.59 Å². The molecule has 1 saturated carbocycles. The Balaban J connectivity index is 1.96. The van der Waals surface area contributed by atoms with E-state index in [1.54, 1.807) is 13.8 Å². The van der Waals surface area contributed by atoms with Crippen molar-refractivity contribution in [1.29, 1.82) is 0 Å². The molecule has 0 radical (unpaired) electrons.